The van der Waals surface area contributed by atoms with Crippen LogP contribution in [-0.4, -0.2) is 9.97 Å². The topological polar surface area (TPSA) is 63.8 Å². The minimum absolute atomic E-state index is 0.214. The molecular formula is C11H10Cl2N4. The summed E-state index contributed by atoms with van der Waals surface area (Å²) in [6.45, 7) is 1.96. The molecule has 0 saturated carbocycles. The summed E-state index contributed by atoms with van der Waals surface area (Å²) in [4.78, 5) is 7.78. The maximum absolute atomic E-state index is 6.09. The number of halogens is 2. The molecule has 2 aromatic rings. The molecule has 0 unspecified atom stereocenters. The van der Waals surface area contributed by atoms with Crippen LogP contribution in [0.2, 0.25) is 10.2 Å². The van der Waals surface area contributed by atoms with Gasteiger partial charge in [-0.15, -0.1) is 0 Å². The van der Waals surface area contributed by atoms with E-state index in [2.05, 4.69) is 15.3 Å². The average Bonchev–Trinajstić information content (AvgIpc) is 2.28. The molecule has 0 atom stereocenters. The van der Waals surface area contributed by atoms with Gasteiger partial charge < -0.3 is 11.1 Å². The lowest BCUT2D eigenvalue weighted by atomic mass is 10.2. The first-order valence-corrected chi connectivity index (χ1v) is 5.62. The molecular weight excluding hydrogens is 259 g/mol. The Labute approximate surface area is 109 Å². The molecule has 2 rings (SSSR count). The number of rotatable bonds is 2. The number of aryl methyl sites for hydroxylation is 1. The van der Waals surface area contributed by atoms with Crippen LogP contribution in [0.15, 0.2) is 24.5 Å². The van der Waals surface area contributed by atoms with Gasteiger partial charge in [0.05, 0.1) is 10.7 Å². The first-order chi connectivity index (χ1) is 8.08. The van der Waals surface area contributed by atoms with E-state index in [-0.39, 0.29) is 5.15 Å². The van der Waals surface area contributed by atoms with Crippen LogP contribution in [0, 0.1) is 6.92 Å². The highest BCUT2D eigenvalue weighted by Crippen LogP contribution is 2.29. The van der Waals surface area contributed by atoms with E-state index in [0.29, 0.717) is 16.5 Å². The third-order valence-corrected chi connectivity index (χ3v) is 2.83. The molecule has 1 aromatic carbocycles. The number of nitrogens with zero attached hydrogens (tertiary/aromatic N) is 2. The number of nitrogens with two attached hydrogens (primary N) is 1. The van der Waals surface area contributed by atoms with Crippen molar-refractivity contribution in [3.05, 3.63) is 40.3 Å². The van der Waals surface area contributed by atoms with Crippen molar-refractivity contribution in [2.75, 3.05) is 11.1 Å². The largest absolute Gasteiger partial charge is 0.393 e. The standard InChI is InChI=1S/C11H10Cl2N4/c1-6-2-3-8(7(12)4-6)17-11-9(14)10(13)15-5-16-11/h2-5H,14H2,1H3,(H,15,16,17). The zero-order chi connectivity index (χ0) is 12.4. The molecule has 0 radical (unpaired) electrons. The number of anilines is 3. The fourth-order valence-electron chi connectivity index (χ4n) is 1.32. The Morgan fingerprint density at radius 1 is 1.24 bits per heavy atom. The number of aromatic nitrogens is 2. The average molecular weight is 269 g/mol. The first-order valence-electron chi connectivity index (χ1n) is 4.87. The zero-order valence-electron chi connectivity index (χ0n) is 9.04. The van der Waals surface area contributed by atoms with Crippen molar-refractivity contribution in [1.29, 1.82) is 0 Å². The molecule has 88 valence electrons. The van der Waals surface area contributed by atoms with Crippen molar-refractivity contribution < 1.29 is 0 Å². The van der Waals surface area contributed by atoms with Crippen molar-refractivity contribution >= 4 is 40.4 Å². The van der Waals surface area contributed by atoms with Gasteiger partial charge in [0.2, 0.25) is 0 Å². The second-order valence-corrected chi connectivity index (χ2v) is 4.30. The minimum atomic E-state index is 0.214. The van der Waals surface area contributed by atoms with Gasteiger partial charge in [0, 0.05) is 0 Å². The Kier molecular flexibility index (Phi) is 3.36. The maximum Gasteiger partial charge on any atom is 0.158 e. The van der Waals surface area contributed by atoms with Crippen molar-refractivity contribution in [1.82, 2.24) is 9.97 Å². The number of hydrogen-bond acceptors (Lipinski definition) is 4. The quantitative estimate of drug-likeness (QED) is 0.820. The van der Waals surface area contributed by atoms with Gasteiger partial charge >= 0.3 is 0 Å². The molecule has 1 aromatic heterocycles. The lowest BCUT2D eigenvalue weighted by Crippen LogP contribution is -2.01. The maximum atomic E-state index is 6.09. The highest BCUT2D eigenvalue weighted by Gasteiger charge is 2.08. The summed E-state index contributed by atoms with van der Waals surface area (Å²) >= 11 is 11.9. The summed E-state index contributed by atoms with van der Waals surface area (Å²) in [7, 11) is 0. The molecule has 1 heterocycles. The van der Waals surface area contributed by atoms with E-state index >= 15 is 0 Å². The Hall–Kier alpha value is -1.52. The highest BCUT2D eigenvalue weighted by atomic mass is 35.5. The van der Waals surface area contributed by atoms with Gasteiger partial charge in [-0.2, -0.15) is 0 Å². The van der Waals surface area contributed by atoms with Crippen LogP contribution in [0.5, 0.6) is 0 Å². The van der Waals surface area contributed by atoms with E-state index < -0.39 is 0 Å². The second kappa shape index (κ2) is 4.77. The number of nitrogen functional groups attached to an aromatic ring is 1. The third-order valence-electron chi connectivity index (χ3n) is 2.21. The summed E-state index contributed by atoms with van der Waals surface area (Å²) in [6, 6.07) is 5.64. The predicted molar refractivity (Wildman–Crippen MR) is 70.9 cm³/mol. The van der Waals surface area contributed by atoms with Crippen molar-refractivity contribution in [2.45, 2.75) is 6.92 Å². The van der Waals surface area contributed by atoms with Gasteiger partial charge in [0.25, 0.3) is 0 Å². The van der Waals surface area contributed by atoms with Crippen molar-refractivity contribution in [3.8, 4) is 0 Å². The van der Waals surface area contributed by atoms with E-state index in [0.717, 1.165) is 11.3 Å². The fourth-order valence-corrected chi connectivity index (χ4v) is 1.74. The molecule has 4 nitrogen and oxygen atoms in total. The molecule has 0 bridgehead atoms. The normalized spacial score (nSPS) is 10.3. The summed E-state index contributed by atoms with van der Waals surface area (Å²) in [5.41, 5.74) is 7.84. The molecule has 0 aliphatic rings. The van der Waals surface area contributed by atoms with Gasteiger partial charge in [-0.1, -0.05) is 29.3 Å². The SMILES string of the molecule is Cc1ccc(Nc2ncnc(Cl)c2N)c(Cl)c1. The van der Waals surface area contributed by atoms with Crippen LogP contribution in [0.1, 0.15) is 5.56 Å². The smallest absolute Gasteiger partial charge is 0.158 e. The van der Waals surface area contributed by atoms with Crippen LogP contribution in [0.4, 0.5) is 17.2 Å². The molecule has 0 spiro atoms. The van der Waals surface area contributed by atoms with Crippen molar-refractivity contribution in [3.63, 3.8) is 0 Å². The Morgan fingerprint density at radius 2 is 2.00 bits per heavy atom. The number of benzene rings is 1. The van der Waals surface area contributed by atoms with Gasteiger partial charge in [0.15, 0.2) is 11.0 Å². The van der Waals surface area contributed by atoms with E-state index in [9.17, 15) is 0 Å². The zero-order valence-corrected chi connectivity index (χ0v) is 10.5. The van der Waals surface area contributed by atoms with Gasteiger partial charge in [0.1, 0.15) is 12.0 Å². The second-order valence-electron chi connectivity index (χ2n) is 3.54. The number of hydrogen-bond donors (Lipinski definition) is 2. The van der Waals surface area contributed by atoms with E-state index in [1.165, 1.54) is 6.33 Å². The van der Waals surface area contributed by atoms with Crippen LogP contribution >= 0.6 is 23.2 Å². The lowest BCUT2D eigenvalue weighted by molar-refractivity contribution is 1.17. The van der Waals surface area contributed by atoms with E-state index in [1.54, 1.807) is 0 Å². The van der Waals surface area contributed by atoms with Gasteiger partial charge in [-0.25, -0.2) is 9.97 Å². The lowest BCUT2D eigenvalue weighted by Gasteiger charge is -2.10. The molecule has 0 fully saturated rings. The Balaban J connectivity index is 2.35. The van der Waals surface area contributed by atoms with Crippen LogP contribution in [0.3, 0.4) is 0 Å². The minimum Gasteiger partial charge on any atom is -0.393 e. The summed E-state index contributed by atoms with van der Waals surface area (Å²) in [6.07, 6.45) is 1.34. The highest BCUT2D eigenvalue weighted by molar-refractivity contribution is 6.34. The van der Waals surface area contributed by atoms with Crippen LogP contribution in [-0.2, 0) is 0 Å². The Bertz CT molecular complexity index is 557. The summed E-state index contributed by atoms with van der Waals surface area (Å²) in [5, 5.41) is 3.83. The first kappa shape index (κ1) is 12.0. The number of nitrogens with one attached hydrogen (secondary N) is 1. The molecule has 6 heteroatoms. The van der Waals surface area contributed by atoms with E-state index in [4.69, 9.17) is 28.9 Å². The summed E-state index contributed by atoms with van der Waals surface area (Å²) in [5.74, 6) is 0.441. The Morgan fingerprint density at radius 3 is 2.71 bits per heavy atom. The molecule has 0 aliphatic heterocycles. The predicted octanol–water partition coefficient (Wildman–Crippen LogP) is 3.42. The third kappa shape index (κ3) is 2.60. The molecule has 17 heavy (non-hydrogen) atoms. The molecule has 3 N–H and O–H groups in total. The van der Waals surface area contributed by atoms with Crippen LogP contribution < -0.4 is 11.1 Å². The fraction of sp³-hybridized carbons (Fsp3) is 0.0909. The molecule has 0 aliphatic carbocycles. The van der Waals surface area contributed by atoms with Crippen LogP contribution in [0.25, 0.3) is 0 Å². The molecule has 0 amide bonds. The van der Waals surface area contributed by atoms with Gasteiger partial charge in [-0.3, -0.25) is 0 Å². The molecule has 0 saturated heterocycles. The monoisotopic (exact) mass is 268 g/mol. The summed E-state index contributed by atoms with van der Waals surface area (Å²) < 4.78 is 0. The van der Waals surface area contributed by atoms with E-state index in [1.807, 2.05) is 25.1 Å². The van der Waals surface area contributed by atoms with Gasteiger partial charge in [-0.05, 0) is 24.6 Å². The van der Waals surface area contributed by atoms with Crippen molar-refractivity contribution in [2.24, 2.45) is 0 Å².